The minimum Gasteiger partial charge on any atom is -0.374 e. The molecule has 0 radical (unpaired) electrons. The van der Waals surface area contributed by atoms with E-state index in [1.807, 2.05) is 60.5 Å². The van der Waals surface area contributed by atoms with Gasteiger partial charge in [-0.15, -0.1) is 0 Å². The predicted molar refractivity (Wildman–Crippen MR) is 97.0 cm³/mol. The maximum absolute atomic E-state index is 13.1. The lowest BCUT2D eigenvalue weighted by atomic mass is 10.0. The van der Waals surface area contributed by atoms with Gasteiger partial charge in [0, 0.05) is 25.1 Å². The Morgan fingerprint density at radius 1 is 1.19 bits per heavy atom. The Morgan fingerprint density at radius 3 is 2.73 bits per heavy atom. The first-order valence-corrected chi connectivity index (χ1v) is 8.64. The van der Waals surface area contributed by atoms with Crippen molar-refractivity contribution in [3.63, 3.8) is 0 Å². The summed E-state index contributed by atoms with van der Waals surface area (Å²) < 4.78 is 7.61. The number of hydrogen-bond acceptors (Lipinski definition) is 4. The van der Waals surface area contributed by atoms with E-state index < -0.39 is 0 Å². The Morgan fingerprint density at radius 2 is 2.04 bits per heavy atom. The number of amides is 1. The van der Waals surface area contributed by atoms with Crippen LogP contribution < -0.4 is 0 Å². The summed E-state index contributed by atoms with van der Waals surface area (Å²) in [7, 11) is 0. The second-order valence-electron chi connectivity index (χ2n) is 6.40. The number of carbonyl (C=O) groups is 1. The molecule has 1 aliphatic heterocycles. The van der Waals surface area contributed by atoms with Crippen LogP contribution in [0.4, 0.5) is 0 Å². The number of pyridine rings is 1. The van der Waals surface area contributed by atoms with E-state index in [0.29, 0.717) is 18.7 Å². The molecule has 3 aromatic rings. The summed E-state index contributed by atoms with van der Waals surface area (Å²) in [6.45, 7) is 3.04. The SMILES string of the molecule is C[C@H]1CN(C(=O)c2ccc(-n3ccnc3)nc2)[C@H](c2ccccc2)CO1. The van der Waals surface area contributed by atoms with Crippen LogP contribution in [0, 0.1) is 0 Å². The van der Waals surface area contributed by atoms with Gasteiger partial charge >= 0.3 is 0 Å². The third-order valence-electron chi connectivity index (χ3n) is 4.58. The number of carbonyl (C=O) groups excluding carboxylic acids is 1. The number of aromatic nitrogens is 3. The normalized spacial score (nSPS) is 20.1. The van der Waals surface area contributed by atoms with Crippen molar-refractivity contribution in [2.45, 2.75) is 19.1 Å². The van der Waals surface area contributed by atoms with Gasteiger partial charge in [-0.3, -0.25) is 9.36 Å². The lowest BCUT2D eigenvalue weighted by Crippen LogP contribution is -2.46. The molecule has 1 aliphatic rings. The number of morpholine rings is 1. The molecule has 132 valence electrons. The van der Waals surface area contributed by atoms with E-state index in [-0.39, 0.29) is 18.1 Å². The molecular weight excluding hydrogens is 328 g/mol. The minimum absolute atomic E-state index is 0.0112. The molecule has 3 heterocycles. The summed E-state index contributed by atoms with van der Waals surface area (Å²) >= 11 is 0. The lowest BCUT2D eigenvalue weighted by molar-refractivity contribution is -0.0447. The monoisotopic (exact) mass is 348 g/mol. The summed E-state index contributed by atoms with van der Waals surface area (Å²) in [6.07, 6.45) is 6.83. The fraction of sp³-hybridized carbons (Fsp3) is 0.250. The predicted octanol–water partition coefficient (Wildman–Crippen LogP) is 2.87. The van der Waals surface area contributed by atoms with Crippen LogP contribution in [0.25, 0.3) is 5.82 Å². The Balaban J connectivity index is 1.60. The first-order valence-electron chi connectivity index (χ1n) is 8.64. The van der Waals surface area contributed by atoms with Gasteiger partial charge < -0.3 is 9.64 Å². The van der Waals surface area contributed by atoms with Gasteiger partial charge in [-0.1, -0.05) is 30.3 Å². The van der Waals surface area contributed by atoms with E-state index in [0.717, 1.165) is 11.4 Å². The van der Waals surface area contributed by atoms with Gasteiger partial charge in [-0.05, 0) is 24.6 Å². The Bertz CT molecular complexity index is 863. The molecular formula is C20H20N4O2. The first-order chi connectivity index (χ1) is 12.7. The quantitative estimate of drug-likeness (QED) is 0.730. The molecule has 4 rings (SSSR count). The van der Waals surface area contributed by atoms with Crippen molar-refractivity contribution >= 4 is 5.91 Å². The van der Waals surface area contributed by atoms with Crippen molar-refractivity contribution < 1.29 is 9.53 Å². The summed E-state index contributed by atoms with van der Waals surface area (Å²) in [6, 6.07) is 13.6. The van der Waals surface area contributed by atoms with Gasteiger partial charge in [-0.25, -0.2) is 9.97 Å². The fourth-order valence-corrected chi connectivity index (χ4v) is 3.20. The maximum atomic E-state index is 13.1. The van der Waals surface area contributed by atoms with Gasteiger partial charge in [0.25, 0.3) is 5.91 Å². The van der Waals surface area contributed by atoms with E-state index in [9.17, 15) is 4.79 Å². The van der Waals surface area contributed by atoms with Gasteiger partial charge in [0.2, 0.25) is 0 Å². The van der Waals surface area contributed by atoms with Crippen LogP contribution in [0.1, 0.15) is 28.9 Å². The van der Waals surface area contributed by atoms with Crippen molar-refractivity contribution in [1.29, 1.82) is 0 Å². The standard InChI is InChI=1S/C20H20N4O2/c1-15-12-24(18(13-26-15)16-5-3-2-4-6-16)20(25)17-7-8-19(22-11-17)23-10-9-21-14-23/h2-11,14-15,18H,12-13H2,1H3/t15-,18-/m0/s1. The van der Waals surface area contributed by atoms with Crippen molar-refractivity contribution in [2.75, 3.05) is 13.2 Å². The molecule has 1 fully saturated rings. The van der Waals surface area contributed by atoms with Gasteiger partial charge in [0.05, 0.1) is 24.3 Å². The topological polar surface area (TPSA) is 60.2 Å². The zero-order valence-electron chi connectivity index (χ0n) is 14.5. The summed E-state index contributed by atoms with van der Waals surface area (Å²) in [5.74, 6) is 0.702. The molecule has 0 N–H and O–H groups in total. The third-order valence-corrected chi connectivity index (χ3v) is 4.58. The zero-order valence-corrected chi connectivity index (χ0v) is 14.5. The van der Waals surface area contributed by atoms with Crippen molar-refractivity contribution in [3.8, 4) is 5.82 Å². The van der Waals surface area contributed by atoms with Crippen LogP contribution in [-0.4, -0.2) is 44.6 Å². The molecule has 1 saturated heterocycles. The molecule has 0 aliphatic carbocycles. The van der Waals surface area contributed by atoms with Gasteiger partial charge in [-0.2, -0.15) is 0 Å². The van der Waals surface area contributed by atoms with Gasteiger partial charge in [0.15, 0.2) is 0 Å². The van der Waals surface area contributed by atoms with E-state index in [2.05, 4.69) is 9.97 Å². The average molecular weight is 348 g/mol. The second-order valence-corrected chi connectivity index (χ2v) is 6.40. The van der Waals surface area contributed by atoms with Gasteiger partial charge in [0.1, 0.15) is 12.1 Å². The first kappa shape index (κ1) is 16.5. The van der Waals surface area contributed by atoms with Crippen LogP contribution in [0.15, 0.2) is 67.4 Å². The highest BCUT2D eigenvalue weighted by atomic mass is 16.5. The van der Waals surface area contributed by atoms with E-state index in [1.54, 1.807) is 23.3 Å². The largest absolute Gasteiger partial charge is 0.374 e. The molecule has 0 spiro atoms. The Kier molecular flexibility index (Phi) is 4.50. The highest BCUT2D eigenvalue weighted by Gasteiger charge is 2.32. The number of hydrogen-bond donors (Lipinski definition) is 0. The Labute approximate surface area is 152 Å². The molecule has 6 heteroatoms. The zero-order chi connectivity index (χ0) is 17.9. The number of imidazole rings is 1. The number of nitrogens with zero attached hydrogens (tertiary/aromatic N) is 4. The van der Waals surface area contributed by atoms with Crippen LogP contribution >= 0.6 is 0 Å². The second kappa shape index (κ2) is 7.09. The molecule has 0 saturated carbocycles. The molecule has 1 amide bonds. The molecule has 2 aromatic heterocycles. The lowest BCUT2D eigenvalue weighted by Gasteiger charge is -2.39. The number of benzene rings is 1. The summed E-state index contributed by atoms with van der Waals surface area (Å²) in [5.41, 5.74) is 1.65. The molecule has 0 bridgehead atoms. The van der Waals surface area contributed by atoms with Crippen LogP contribution in [0.5, 0.6) is 0 Å². The fourth-order valence-electron chi connectivity index (χ4n) is 3.20. The Hall–Kier alpha value is -2.99. The van der Waals surface area contributed by atoms with E-state index >= 15 is 0 Å². The number of ether oxygens (including phenoxy) is 1. The molecule has 26 heavy (non-hydrogen) atoms. The van der Waals surface area contributed by atoms with Crippen molar-refractivity contribution in [1.82, 2.24) is 19.4 Å². The third kappa shape index (κ3) is 3.23. The summed E-state index contributed by atoms with van der Waals surface area (Å²) in [5, 5.41) is 0. The highest BCUT2D eigenvalue weighted by Crippen LogP contribution is 2.27. The summed E-state index contributed by atoms with van der Waals surface area (Å²) in [4.78, 5) is 23.4. The number of rotatable bonds is 3. The molecule has 1 aromatic carbocycles. The molecule has 2 atom stereocenters. The van der Waals surface area contributed by atoms with Crippen molar-refractivity contribution in [2.24, 2.45) is 0 Å². The van der Waals surface area contributed by atoms with Crippen LogP contribution in [0.3, 0.4) is 0 Å². The minimum atomic E-state index is -0.0896. The van der Waals surface area contributed by atoms with E-state index in [1.165, 1.54) is 0 Å². The van der Waals surface area contributed by atoms with E-state index in [4.69, 9.17) is 4.74 Å². The smallest absolute Gasteiger partial charge is 0.256 e. The van der Waals surface area contributed by atoms with Crippen LogP contribution in [-0.2, 0) is 4.74 Å². The maximum Gasteiger partial charge on any atom is 0.256 e. The molecule has 0 unspecified atom stereocenters. The molecule has 6 nitrogen and oxygen atoms in total. The van der Waals surface area contributed by atoms with Crippen LogP contribution in [0.2, 0.25) is 0 Å². The highest BCUT2D eigenvalue weighted by molar-refractivity contribution is 5.94. The van der Waals surface area contributed by atoms with Crippen molar-refractivity contribution in [3.05, 3.63) is 78.5 Å². The average Bonchev–Trinajstić information content (AvgIpc) is 3.23.